The van der Waals surface area contributed by atoms with Gasteiger partial charge < -0.3 is 4.90 Å². The predicted molar refractivity (Wildman–Crippen MR) is 225 cm³/mol. The molecule has 0 radical (unpaired) electrons. The number of fused-ring (bicyclic) bond motifs is 5. The Labute approximate surface area is 307 Å². The lowest BCUT2D eigenvalue weighted by Gasteiger charge is -2.26. The van der Waals surface area contributed by atoms with Crippen LogP contribution in [0.5, 0.6) is 0 Å². The molecule has 1 aromatic heterocycles. The third-order valence-electron chi connectivity index (χ3n) is 10.2. The summed E-state index contributed by atoms with van der Waals surface area (Å²) in [6.45, 7) is 0. The van der Waals surface area contributed by atoms with Crippen molar-refractivity contribution in [2.24, 2.45) is 0 Å². The molecular weight excluding hydrogens is 647 g/mol. The van der Waals surface area contributed by atoms with Gasteiger partial charge in [0.1, 0.15) is 0 Å². The molecular formula is C50H33NS. The second-order valence-corrected chi connectivity index (χ2v) is 14.5. The first-order chi connectivity index (χ1) is 25.7. The van der Waals surface area contributed by atoms with Crippen molar-refractivity contribution in [1.29, 1.82) is 0 Å². The van der Waals surface area contributed by atoms with E-state index in [4.69, 9.17) is 0 Å². The van der Waals surface area contributed by atoms with Crippen LogP contribution < -0.4 is 4.90 Å². The van der Waals surface area contributed by atoms with E-state index < -0.39 is 0 Å². The molecule has 244 valence electrons. The highest BCUT2D eigenvalue weighted by Gasteiger charge is 2.15. The molecule has 10 aromatic rings. The fraction of sp³-hybridized carbons (Fsp3) is 0. The van der Waals surface area contributed by atoms with Gasteiger partial charge in [-0.05, 0) is 116 Å². The van der Waals surface area contributed by atoms with Gasteiger partial charge >= 0.3 is 0 Å². The molecule has 0 unspecified atom stereocenters. The second-order valence-electron chi connectivity index (χ2n) is 13.4. The van der Waals surface area contributed by atoms with E-state index in [-0.39, 0.29) is 0 Å². The number of anilines is 3. The van der Waals surface area contributed by atoms with E-state index >= 15 is 0 Å². The lowest BCUT2D eigenvalue weighted by Crippen LogP contribution is -2.10. The van der Waals surface area contributed by atoms with Crippen LogP contribution in [0.15, 0.2) is 200 Å². The van der Waals surface area contributed by atoms with Crippen LogP contribution in [-0.4, -0.2) is 0 Å². The van der Waals surface area contributed by atoms with E-state index in [0.29, 0.717) is 0 Å². The maximum absolute atomic E-state index is 2.37. The summed E-state index contributed by atoms with van der Waals surface area (Å²) in [7, 11) is 0. The zero-order chi connectivity index (χ0) is 34.4. The number of nitrogens with zero attached hydrogens (tertiary/aromatic N) is 1. The van der Waals surface area contributed by atoms with Crippen LogP contribution in [0.25, 0.3) is 75.1 Å². The van der Waals surface area contributed by atoms with Crippen LogP contribution >= 0.6 is 11.3 Å². The maximum atomic E-state index is 2.37. The Kier molecular flexibility index (Phi) is 7.41. The van der Waals surface area contributed by atoms with Crippen LogP contribution in [0.3, 0.4) is 0 Å². The monoisotopic (exact) mass is 679 g/mol. The molecule has 1 nitrogen and oxygen atoms in total. The fourth-order valence-corrected chi connectivity index (χ4v) is 8.76. The molecule has 0 fully saturated rings. The summed E-state index contributed by atoms with van der Waals surface area (Å²) in [5.41, 5.74) is 10.6. The van der Waals surface area contributed by atoms with Gasteiger partial charge in [-0.15, -0.1) is 11.3 Å². The first-order valence-corrected chi connectivity index (χ1v) is 18.6. The Morgan fingerprint density at radius 1 is 0.288 bits per heavy atom. The molecule has 0 atom stereocenters. The molecule has 0 aliphatic heterocycles. The largest absolute Gasteiger partial charge is 0.310 e. The third-order valence-corrected chi connectivity index (χ3v) is 11.4. The number of hydrogen-bond acceptors (Lipinski definition) is 2. The van der Waals surface area contributed by atoms with E-state index in [9.17, 15) is 0 Å². The molecule has 0 amide bonds. The molecule has 0 spiro atoms. The summed E-state index contributed by atoms with van der Waals surface area (Å²) in [6, 6.07) is 72.9. The molecule has 0 aliphatic rings. The van der Waals surface area contributed by atoms with Gasteiger partial charge in [-0.2, -0.15) is 0 Å². The van der Waals surface area contributed by atoms with Gasteiger partial charge in [-0.25, -0.2) is 0 Å². The smallest absolute Gasteiger partial charge is 0.0467 e. The summed E-state index contributed by atoms with van der Waals surface area (Å²) in [4.78, 5) is 2.37. The number of rotatable bonds is 6. The summed E-state index contributed by atoms with van der Waals surface area (Å²) >= 11 is 1.87. The molecule has 9 aromatic carbocycles. The lowest BCUT2D eigenvalue weighted by molar-refractivity contribution is 1.28. The molecule has 10 rings (SSSR count). The van der Waals surface area contributed by atoms with E-state index in [2.05, 4.69) is 205 Å². The van der Waals surface area contributed by atoms with Crippen LogP contribution in [-0.2, 0) is 0 Å². The first-order valence-electron chi connectivity index (χ1n) is 17.7. The minimum Gasteiger partial charge on any atom is -0.310 e. The Balaban J connectivity index is 1.05. The van der Waals surface area contributed by atoms with Crippen molar-refractivity contribution < 1.29 is 0 Å². The van der Waals surface area contributed by atoms with Gasteiger partial charge in [0.15, 0.2) is 0 Å². The van der Waals surface area contributed by atoms with Crippen molar-refractivity contribution in [1.82, 2.24) is 0 Å². The fourth-order valence-electron chi connectivity index (χ4n) is 7.62. The molecule has 52 heavy (non-hydrogen) atoms. The van der Waals surface area contributed by atoms with E-state index in [0.717, 1.165) is 17.1 Å². The highest BCUT2D eigenvalue weighted by molar-refractivity contribution is 7.25. The van der Waals surface area contributed by atoms with Gasteiger partial charge in [0, 0.05) is 37.2 Å². The molecule has 2 heteroatoms. The zero-order valence-corrected chi connectivity index (χ0v) is 29.2. The number of hydrogen-bond donors (Lipinski definition) is 0. The standard InChI is InChI=1S/C50H33NS/c1-2-10-34(11-3-1)35-22-26-42(27-23-35)51(44-15-8-14-40(31-44)46-18-9-13-37-12-4-5-16-45(37)46)43-28-24-36(25-29-43)38-20-21-39-32-48-47-17-6-7-19-49(47)52-50(48)33-41(39)30-38/h1-33H. The number of thiophene rings is 1. The zero-order valence-electron chi connectivity index (χ0n) is 28.4. The highest BCUT2D eigenvalue weighted by atomic mass is 32.1. The molecule has 0 bridgehead atoms. The maximum Gasteiger partial charge on any atom is 0.0467 e. The summed E-state index contributed by atoms with van der Waals surface area (Å²) in [5, 5.41) is 7.72. The first kappa shape index (κ1) is 30.4. The highest BCUT2D eigenvalue weighted by Crippen LogP contribution is 2.41. The van der Waals surface area contributed by atoms with Crippen molar-refractivity contribution in [3.63, 3.8) is 0 Å². The molecule has 1 heterocycles. The predicted octanol–water partition coefficient (Wildman–Crippen LogP) is 14.8. The van der Waals surface area contributed by atoms with Crippen molar-refractivity contribution in [3.8, 4) is 33.4 Å². The average molecular weight is 680 g/mol. The van der Waals surface area contributed by atoms with Crippen molar-refractivity contribution in [3.05, 3.63) is 200 Å². The summed E-state index contributed by atoms with van der Waals surface area (Å²) in [5.74, 6) is 0. The van der Waals surface area contributed by atoms with E-state index in [1.165, 1.54) is 75.1 Å². The van der Waals surface area contributed by atoms with Crippen LogP contribution in [0.1, 0.15) is 0 Å². The van der Waals surface area contributed by atoms with Crippen molar-refractivity contribution >= 4 is 70.1 Å². The van der Waals surface area contributed by atoms with E-state index in [1.807, 2.05) is 11.3 Å². The molecule has 0 saturated carbocycles. The van der Waals surface area contributed by atoms with Gasteiger partial charge in [-0.3, -0.25) is 0 Å². The molecule has 0 N–H and O–H groups in total. The molecule has 0 saturated heterocycles. The minimum absolute atomic E-state index is 1.11. The summed E-state index contributed by atoms with van der Waals surface area (Å²) < 4.78 is 2.67. The van der Waals surface area contributed by atoms with Crippen molar-refractivity contribution in [2.45, 2.75) is 0 Å². The third kappa shape index (κ3) is 5.42. The van der Waals surface area contributed by atoms with Crippen LogP contribution in [0.4, 0.5) is 17.1 Å². The second kappa shape index (κ2) is 12.7. The number of benzene rings is 9. The van der Waals surface area contributed by atoms with Crippen LogP contribution in [0, 0.1) is 0 Å². The van der Waals surface area contributed by atoms with E-state index in [1.54, 1.807) is 0 Å². The van der Waals surface area contributed by atoms with Gasteiger partial charge in [0.25, 0.3) is 0 Å². The van der Waals surface area contributed by atoms with Gasteiger partial charge in [0.05, 0.1) is 0 Å². The topological polar surface area (TPSA) is 3.24 Å². The Bertz CT molecular complexity index is 2880. The quantitative estimate of drug-likeness (QED) is 0.169. The Hall–Kier alpha value is -6.48. The van der Waals surface area contributed by atoms with Gasteiger partial charge in [-0.1, -0.05) is 140 Å². The summed E-state index contributed by atoms with van der Waals surface area (Å²) in [6.07, 6.45) is 0. The normalized spacial score (nSPS) is 11.5. The Morgan fingerprint density at radius 2 is 0.904 bits per heavy atom. The minimum atomic E-state index is 1.11. The van der Waals surface area contributed by atoms with Gasteiger partial charge in [0.2, 0.25) is 0 Å². The lowest BCUT2D eigenvalue weighted by atomic mass is 9.97. The van der Waals surface area contributed by atoms with Crippen LogP contribution in [0.2, 0.25) is 0 Å². The SMILES string of the molecule is c1ccc(-c2ccc(N(c3ccc(-c4ccc5cc6c(cc5c4)sc4ccccc46)cc3)c3cccc(-c4cccc5ccccc45)c3)cc2)cc1. The molecule has 0 aliphatic carbocycles. The Morgan fingerprint density at radius 3 is 1.71 bits per heavy atom. The average Bonchev–Trinajstić information content (AvgIpc) is 3.58. The van der Waals surface area contributed by atoms with Crippen molar-refractivity contribution in [2.75, 3.05) is 4.90 Å².